The van der Waals surface area contributed by atoms with Crippen molar-refractivity contribution in [2.75, 3.05) is 18.1 Å². The number of hydrogen-bond donors (Lipinski definition) is 2. The highest BCUT2D eigenvalue weighted by molar-refractivity contribution is 5.97. The summed E-state index contributed by atoms with van der Waals surface area (Å²) in [6.07, 6.45) is 1.15. The van der Waals surface area contributed by atoms with Crippen LogP contribution in [0.3, 0.4) is 0 Å². The fourth-order valence-electron chi connectivity index (χ4n) is 1.55. The lowest BCUT2D eigenvalue weighted by Gasteiger charge is -2.10. The highest BCUT2D eigenvalue weighted by Crippen LogP contribution is 2.31. The summed E-state index contributed by atoms with van der Waals surface area (Å²) in [4.78, 5) is 3.59. The van der Waals surface area contributed by atoms with Crippen LogP contribution < -0.4 is 11.1 Å². The first kappa shape index (κ1) is 10.5. The molecule has 0 unspecified atom stereocenters. The number of nitrogens with one attached hydrogen (secondary N) is 1. The molecule has 2 aromatic rings. The van der Waals surface area contributed by atoms with Crippen LogP contribution in [-0.4, -0.2) is 12.0 Å². The van der Waals surface area contributed by atoms with Gasteiger partial charge in [-0.1, -0.05) is 0 Å². The van der Waals surface area contributed by atoms with Crippen molar-refractivity contribution < 1.29 is 13.2 Å². The van der Waals surface area contributed by atoms with E-state index in [1.807, 2.05) is 0 Å². The zero-order valence-corrected chi connectivity index (χ0v) is 8.31. The van der Waals surface area contributed by atoms with E-state index in [0.29, 0.717) is 6.07 Å². The number of rotatable bonds is 1. The lowest BCUT2D eigenvalue weighted by Crippen LogP contribution is -2.02. The van der Waals surface area contributed by atoms with Crippen LogP contribution in [0.1, 0.15) is 0 Å². The molecule has 0 spiro atoms. The Labute approximate surface area is 89.1 Å². The third kappa shape index (κ3) is 1.34. The summed E-state index contributed by atoms with van der Waals surface area (Å²) >= 11 is 0. The van der Waals surface area contributed by atoms with Crippen molar-refractivity contribution in [1.82, 2.24) is 4.98 Å². The van der Waals surface area contributed by atoms with Gasteiger partial charge in [-0.3, -0.25) is 4.98 Å². The second kappa shape index (κ2) is 3.55. The Morgan fingerprint density at radius 3 is 2.56 bits per heavy atom. The molecule has 0 radical (unpaired) electrons. The standard InChI is InChI=1S/C10H8F3N3/c1-15-9-6(14)3-16-10-7(9)4(11)2-5(12)8(10)13/h2-3H,14H2,1H3,(H,15,16). The van der Waals surface area contributed by atoms with Gasteiger partial charge >= 0.3 is 0 Å². The molecule has 0 aliphatic carbocycles. The number of aromatic nitrogens is 1. The number of halogens is 3. The molecule has 0 aliphatic rings. The second-order valence-corrected chi connectivity index (χ2v) is 3.22. The Bertz CT molecular complexity index is 569. The van der Waals surface area contributed by atoms with E-state index in [2.05, 4.69) is 10.3 Å². The van der Waals surface area contributed by atoms with Gasteiger partial charge < -0.3 is 11.1 Å². The monoisotopic (exact) mass is 227 g/mol. The van der Waals surface area contributed by atoms with Crippen molar-refractivity contribution >= 4 is 22.3 Å². The van der Waals surface area contributed by atoms with Crippen LogP contribution in [0.5, 0.6) is 0 Å². The predicted molar refractivity (Wildman–Crippen MR) is 55.6 cm³/mol. The van der Waals surface area contributed by atoms with Crippen LogP contribution in [0.15, 0.2) is 12.3 Å². The van der Waals surface area contributed by atoms with Gasteiger partial charge in [0.15, 0.2) is 11.6 Å². The van der Waals surface area contributed by atoms with Gasteiger partial charge in [0.05, 0.1) is 23.0 Å². The third-order valence-electron chi connectivity index (χ3n) is 2.27. The average molecular weight is 227 g/mol. The minimum atomic E-state index is -1.27. The van der Waals surface area contributed by atoms with Crippen molar-refractivity contribution in [3.63, 3.8) is 0 Å². The number of nitrogen functional groups attached to an aromatic ring is 1. The number of hydrogen-bond acceptors (Lipinski definition) is 3. The maximum absolute atomic E-state index is 13.5. The minimum absolute atomic E-state index is 0.151. The Morgan fingerprint density at radius 2 is 1.94 bits per heavy atom. The molecule has 0 saturated heterocycles. The SMILES string of the molecule is CNc1c(N)cnc2c(F)c(F)cc(F)c12. The first-order chi connectivity index (χ1) is 7.56. The number of nitrogens with two attached hydrogens (primary N) is 1. The summed E-state index contributed by atoms with van der Waals surface area (Å²) in [6.45, 7) is 0. The van der Waals surface area contributed by atoms with Crippen LogP contribution >= 0.6 is 0 Å². The molecular formula is C10H8F3N3. The number of benzene rings is 1. The van der Waals surface area contributed by atoms with Gasteiger partial charge in [0, 0.05) is 13.1 Å². The van der Waals surface area contributed by atoms with E-state index >= 15 is 0 Å². The Kier molecular flexibility index (Phi) is 2.34. The molecule has 84 valence electrons. The maximum Gasteiger partial charge on any atom is 0.185 e. The third-order valence-corrected chi connectivity index (χ3v) is 2.27. The van der Waals surface area contributed by atoms with E-state index in [-0.39, 0.29) is 22.3 Å². The van der Waals surface area contributed by atoms with Gasteiger partial charge in [-0.05, 0) is 0 Å². The first-order valence-corrected chi connectivity index (χ1v) is 4.45. The van der Waals surface area contributed by atoms with Crippen LogP contribution in [-0.2, 0) is 0 Å². The number of nitrogens with zero attached hydrogens (tertiary/aromatic N) is 1. The normalized spacial score (nSPS) is 10.8. The smallest absolute Gasteiger partial charge is 0.185 e. The van der Waals surface area contributed by atoms with E-state index in [1.54, 1.807) is 0 Å². The van der Waals surface area contributed by atoms with Crippen molar-refractivity contribution in [2.24, 2.45) is 0 Å². The van der Waals surface area contributed by atoms with Crippen molar-refractivity contribution in [3.05, 3.63) is 29.7 Å². The number of anilines is 2. The predicted octanol–water partition coefficient (Wildman–Crippen LogP) is 2.28. The van der Waals surface area contributed by atoms with E-state index in [4.69, 9.17) is 5.73 Å². The van der Waals surface area contributed by atoms with E-state index < -0.39 is 17.5 Å². The Balaban J connectivity index is 2.99. The van der Waals surface area contributed by atoms with Gasteiger partial charge in [0.1, 0.15) is 11.3 Å². The molecule has 2 rings (SSSR count). The van der Waals surface area contributed by atoms with Gasteiger partial charge in [0.25, 0.3) is 0 Å². The van der Waals surface area contributed by atoms with Gasteiger partial charge in [-0.15, -0.1) is 0 Å². The van der Waals surface area contributed by atoms with Crippen LogP contribution in [0.25, 0.3) is 10.9 Å². The molecule has 6 heteroatoms. The highest BCUT2D eigenvalue weighted by atomic mass is 19.2. The molecule has 1 aromatic heterocycles. The molecule has 1 heterocycles. The lowest BCUT2D eigenvalue weighted by atomic mass is 10.1. The van der Waals surface area contributed by atoms with E-state index in [9.17, 15) is 13.2 Å². The lowest BCUT2D eigenvalue weighted by molar-refractivity contribution is 0.504. The molecule has 0 saturated carbocycles. The molecular weight excluding hydrogens is 219 g/mol. The Hall–Kier alpha value is -1.98. The topological polar surface area (TPSA) is 50.9 Å². The summed E-state index contributed by atoms with van der Waals surface area (Å²) in [5.41, 5.74) is 5.53. The molecule has 0 atom stereocenters. The summed E-state index contributed by atoms with van der Waals surface area (Å²) in [6, 6.07) is 0.472. The van der Waals surface area contributed by atoms with Crippen molar-refractivity contribution in [2.45, 2.75) is 0 Å². The summed E-state index contributed by atoms with van der Waals surface area (Å²) in [5.74, 6) is -3.37. The van der Waals surface area contributed by atoms with E-state index in [1.165, 1.54) is 7.05 Å². The van der Waals surface area contributed by atoms with Crippen molar-refractivity contribution in [3.8, 4) is 0 Å². The zero-order chi connectivity index (χ0) is 11.9. The fraction of sp³-hybridized carbons (Fsp3) is 0.100. The molecule has 3 nitrogen and oxygen atoms in total. The van der Waals surface area contributed by atoms with E-state index in [0.717, 1.165) is 6.20 Å². The second-order valence-electron chi connectivity index (χ2n) is 3.22. The fourth-order valence-corrected chi connectivity index (χ4v) is 1.55. The number of pyridine rings is 1. The van der Waals surface area contributed by atoms with Crippen molar-refractivity contribution in [1.29, 1.82) is 0 Å². The molecule has 0 amide bonds. The highest BCUT2D eigenvalue weighted by Gasteiger charge is 2.17. The minimum Gasteiger partial charge on any atom is -0.396 e. The van der Waals surface area contributed by atoms with Gasteiger partial charge in [-0.2, -0.15) is 0 Å². The Morgan fingerprint density at radius 1 is 1.25 bits per heavy atom. The average Bonchev–Trinajstić information content (AvgIpc) is 2.25. The summed E-state index contributed by atoms with van der Waals surface area (Å²) in [7, 11) is 1.51. The molecule has 3 N–H and O–H groups in total. The molecule has 0 fully saturated rings. The molecule has 1 aromatic carbocycles. The molecule has 0 aliphatic heterocycles. The van der Waals surface area contributed by atoms with Gasteiger partial charge in [0.2, 0.25) is 0 Å². The van der Waals surface area contributed by atoms with Crippen LogP contribution in [0.2, 0.25) is 0 Å². The first-order valence-electron chi connectivity index (χ1n) is 4.45. The molecule has 16 heavy (non-hydrogen) atoms. The van der Waals surface area contributed by atoms with Crippen LogP contribution in [0.4, 0.5) is 24.5 Å². The molecule has 0 bridgehead atoms. The summed E-state index contributed by atoms with van der Waals surface area (Å²) in [5, 5.41) is 2.48. The van der Waals surface area contributed by atoms with Crippen LogP contribution in [0, 0.1) is 17.5 Å². The van der Waals surface area contributed by atoms with Gasteiger partial charge in [-0.25, -0.2) is 13.2 Å². The largest absolute Gasteiger partial charge is 0.396 e. The number of fused-ring (bicyclic) bond motifs is 1. The zero-order valence-electron chi connectivity index (χ0n) is 8.31. The summed E-state index contributed by atoms with van der Waals surface area (Å²) < 4.78 is 39.8. The maximum atomic E-state index is 13.5. The quantitative estimate of drug-likeness (QED) is 0.735.